The third kappa shape index (κ3) is 2.32. The number of aryl methyl sites for hydroxylation is 2. The Morgan fingerprint density at radius 1 is 0.944 bits per heavy atom. The van der Waals surface area contributed by atoms with Crippen molar-refractivity contribution >= 4 is 0 Å². The van der Waals surface area contributed by atoms with E-state index in [0.717, 1.165) is 6.42 Å². The van der Waals surface area contributed by atoms with Crippen molar-refractivity contribution in [1.82, 2.24) is 0 Å². The molecule has 0 amide bonds. The summed E-state index contributed by atoms with van der Waals surface area (Å²) in [5, 5.41) is 0. The van der Waals surface area contributed by atoms with Crippen LogP contribution in [0.25, 0.3) is 0 Å². The first kappa shape index (κ1) is 11.5. The molecule has 2 aromatic carbocycles. The van der Waals surface area contributed by atoms with Gasteiger partial charge in [-0.2, -0.15) is 0 Å². The largest absolute Gasteiger partial charge is 0.324 e. The lowest BCUT2D eigenvalue weighted by atomic mass is 9.97. The lowest BCUT2D eigenvalue weighted by Crippen LogP contribution is -2.13. The molecule has 1 atom stereocenters. The van der Waals surface area contributed by atoms with Crippen molar-refractivity contribution in [3.63, 3.8) is 0 Å². The van der Waals surface area contributed by atoms with Crippen molar-refractivity contribution in [1.29, 1.82) is 0 Å². The molecule has 0 fully saturated rings. The molecule has 1 aliphatic rings. The van der Waals surface area contributed by atoms with E-state index in [-0.39, 0.29) is 6.04 Å². The Hall–Kier alpha value is -1.60. The molecular weight excluding hydrogens is 218 g/mol. The molecule has 1 aliphatic carbocycles. The Kier molecular flexibility index (Phi) is 3.16. The predicted octanol–water partition coefficient (Wildman–Crippen LogP) is 3.42. The number of hydrogen-bond donors (Lipinski definition) is 1. The molecule has 18 heavy (non-hydrogen) atoms. The highest BCUT2D eigenvalue weighted by Gasteiger charge is 2.13. The molecule has 0 radical (unpaired) electrons. The molecule has 0 spiro atoms. The van der Waals surface area contributed by atoms with E-state index in [9.17, 15) is 0 Å². The molecular formula is C17H19N. The normalized spacial score (nSPS) is 15.4. The van der Waals surface area contributed by atoms with E-state index >= 15 is 0 Å². The van der Waals surface area contributed by atoms with Crippen molar-refractivity contribution in [2.75, 3.05) is 0 Å². The zero-order valence-electron chi connectivity index (χ0n) is 10.6. The van der Waals surface area contributed by atoms with Gasteiger partial charge in [0, 0.05) is 6.04 Å². The summed E-state index contributed by atoms with van der Waals surface area (Å²) >= 11 is 0. The van der Waals surface area contributed by atoms with E-state index < -0.39 is 0 Å². The molecule has 0 aliphatic heterocycles. The van der Waals surface area contributed by atoms with E-state index in [1.807, 2.05) is 6.07 Å². The fourth-order valence-electron chi connectivity index (χ4n) is 2.81. The zero-order valence-corrected chi connectivity index (χ0v) is 10.6. The quantitative estimate of drug-likeness (QED) is 0.869. The van der Waals surface area contributed by atoms with Gasteiger partial charge in [-0.15, -0.1) is 0 Å². The van der Waals surface area contributed by atoms with Crippen molar-refractivity contribution < 1.29 is 0 Å². The summed E-state index contributed by atoms with van der Waals surface area (Å²) in [6.07, 6.45) is 4.68. The van der Waals surface area contributed by atoms with Crippen LogP contribution >= 0.6 is 0 Å². The molecule has 0 aromatic heterocycles. The Labute approximate surface area is 109 Å². The van der Waals surface area contributed by atoms with Gasteiger partial charge in [0.2, 0.25) is 0 Å². The van der Waals surface area contributed by atoms with Crippen LogP contribution in [-0.2, 0) is 19.3 Å². The average Bonchev–Trinajstić information content (AvgIpc) is 2.87. The van der Waals surface area contributed by atoms with Gasteiger partial charge in [-0.25, -0.2) is 0 Å². The van der Waals surface area contributed by atoms with Crippen LogP contribution < -0.4 is 5.73 Å². The topological polar surface area (TPSA) is 26.0 Å². The van der Waals surface area contributed by atoms with Crippen LogP contribution in [0.15, 0.2) is 48.5 Å². The van der Waals surface area contributed by atoms with Gasteiger partial charge in [0.15, 0.2) is 0 Å². The summed E-state index contributed by atoms with van der Waals surface area (Å²) < 4.78 is 0. The number of nitrogens with two attached hydrogens (primary N) is 1. The lowest BCUT2D eigenvalue weighted by Gasteiger charge is -2.13. The molecule has 0 heterocycles. The maximum atomic E-state index is 6.32. The first-order chi connectivity index (χ1) is 8.83. The van der Waals surface area contributed by atoms with Crippen LogP contribution in [0.4, 0.5) is 0 Å². The second-order valence-electron chi connectivity index (χ2n) is 5.18. The minimum Gasteiger partial charge on any atom is -0.324 e. The molecule has 1 heteroatoms. The van der Waals surface area contributed by atoms with Crippen molar-refractivity contribution in [2.45, 2.75) is 31.7 Å². The van der Waals surface area contributed by atoms with E-state index in [1.54, 1.807) is 0 Å². The second-order valence-corrected chi connectivity index (χ2v) is 5.18. The predicted molar refractivity (Wildman–Crippen MR) is 75.5 cm³/mol. The van der Waals surface area contributed by atoms with Gasteiger partial charge in [0.25, 0.3) is 0 Å². The van der Waals surface area contributed by atoms with Gasteiger partial charge in [-0.05, 0) is 47.9 Å². The summed E-state index contributed by atoms with van der Waals surface area (Å²) in [5.74, 6) is 0. The molecule has 1 nitrogen and oxygen atoms in total. The highest BCUT2D eigenvalue weighted by molar-refractivity contribution is 5.37. The standard InChI is InChI=1S/C17H19N/c18-17(11-13-5-2-1-3-6-13)16-10-9-14-7-4-8-15(14)12-16/h1-3,5-6,9-10,12,17H,4,7-8,11,18H2. The minimum absolute atomic E-state index is 0.110. The maximum absolute atomic E-state index is 6.32. The van der Waals surface area contributed by atoms with Crippen LogP contribution in [0.5, 0.6) is 0 Å². The first-order valence-corrected chi connectivity index (χ1v) is 6.74. The Balaban J connectivity index is 1.78. The monoisotopic (exact) mass is 237 g/mol. The third-order valence-corrected chi connectivity index (χ3v) is 3.85. The fourth-order valence-corrected chi connectivity index (χ4v) is 2.81. The molecule has 0 bridgehead atoms. The summed E-state index contributed by atoms with van der Waals surface area (Å²) in [6.45, 7) is 0. The van der Waals surface area contributed by atoms with Crippen LogP contribution in [0.3, 0.4) is 0 Å². The Morgan fingerprint density at radius 2 is 1.72 bits per heavy atom. The number of rotatable bonds is 3. The fraction of sp³-hybridized carbons (Fsp3) is 0.294. The SMILES string of the molecule is NC(Cc1ccccc1)c1ccc2c(c1)CCC2. The van der Waals surface area contributed by atoms with Gasteiger partial charge in [-0.3, -0.25) is 0 Å². The zero-order chi connectivity index (χ0) is 12.4. The molecule has 3 rings (SSSR count). The third-order valence-electron chi connectivity index (χ3n) is 3.85. The minimum atomic E-state index is 0.110. The molecule has 0 saturated heterocycles. The van der Waals surface area contributed by atoms with Crippen molar-refractivity contribution in [3.05, 3.63) is 70.8 Å². The van der Waals surface area contributed by atoms with Gasteiger partial charge in [-0.1, -0.05) is 48.5 Å². The van der Waals surface area contributed by atoms with Crippen LogP contribution in [0, 0.1) is 0 Å². The Morgan fingerprint density at radius 3 is 2.56 bits per heavy atom. The lowest BCUT2D eigenvalue weighted by molar-refractivity contribution is 0.720. The molecule has 92 valence electrons. The van der Waals surface area contributed by atoms with Crippen molar-refractivity contribution in [2.24, 2.45) is 5.73 Å². The first-order valence-electron chi connectivity index (χ1n) is 6.74. The number of benzene rings is 2. The molecule has 2 N–H and O–H groups in total. The highest BCUT2D eigenvalue weighted by atomic mass is 14.6. The number of fused-ring (bicyclic) bond motifs is 1. The van der Waals surface area contributed by atoms with Crippen molar-refractivity contribution in [3.8, 4) is 0 Å². The van der Waals surface area contributed by atoms with E-state index in [4.69, 9.17) is 5.73 Å². The maximum Gasteiger partial charge on any atom is 0.0335 e. The van der Waals surface area contributed by atoms with Gasteiger partial charge >= 0.3 is 0 Å². The van der Waals surface area contributed by atoms with Gasteiger partial charge < -0.3 is 5.73 Å². The smallest absolute Gasteiger partial charge is 0.0335 e. The highest BCUT2D eigenvalue weighted by Crippen LogP contribution is 2.25. The van der Waals surface area contributed by atoms with E-state index in [2.05, 4.69) is 42.5 Å². The van der Waals surface area contributed by atoms with Gasteiger partial charge in [0.1, 0.15) is 0 Å². The molecule has 0 saturated carbocycles. The van der Waals surface area contributed by atoms with Crippen LogP contribution in [0.2, 0.25) is 0 Å². The van der Waals surface area contributed by atoms with E-state index in [1.165, 1.54) is 41.5 Å². The Bertz CT molecular complexity index is 531. The van der Waals surface area contributed by atoms with Crippen LogP contribution in [0.1, 0.15) is 34.7 Å². The van der Waals surface area contributed by atoms with E-state index in [0.29, 0.717) is 0 Å². The van der Waals surface area contributed by atoms with Gasteiger partial charge in [0.05, 0.1) is 0 Å². The molecule has 2 aromatic rings. The average molecular weight is 237 g/mol. The second kappa shape index (κ2) is 4.95. The summed E-state index contributed by atoms with van der Waals surface area (Å²) in [6, 6.07) is 17.4. The summed E-state index contributed by atoms with van der Waals surface area (Å²) in [7, 11) is 0. The molecule has 1 unspecified atom stereocenters. The van der Waals surface area contributed by atoms with Crippen LogP contribution in [-0.4, -0.2) is 0 Å². The summed E-state index contributed by atoms with van der Waals surface area (Å²) in [5.41, 5.74) is 11.9. The number of hydrogen-bond acceptors (Lipinski definition) is 1. The summed E-state index contributed by atoms with van der Waals surface area (Å²) in [4.78, 5) is 0.